The lowest BCUT2D eigenvalue weighted by Gasteiger charge is -2.25. The molecule has 0 aromatic carbocycles. The Bertz CT molecular complexity index is 319. The van der Waals surface area contributed by atoms with E-state index in [-0.39, 0.29) is 5.91 Å². The zero-order valence-electron chi connectivity index (χ0n) is 6.12. The number of nitrogens with zero attached hydrogens (tertiary/aromatic N) is 2. The first-order valence-corrected chi connectivity index (χ1v) is 4.23. The summed E-state index contributed by atoms with van der Waals surface area (Å²) in [7, 11) is 0. The lowest BCUT2D eigenvalue weighted by molar-refractivity contribution is -0.121. The molecule has 0 spiro atoms. The van der Waals surface area contributed by atoms with Crippen LogP contribution in [0.25, 0.3) is 0 Å². The Balaban J connectivity index is 2.31. The lowest BCUT2D eigenvalue weighted by Crippen LogP contribution is -2.42. The molecule has 62 valence electrons. The van der Waals surface area contributed by atoms with Crippen LogP contribution in [0.4, 0.5) is 0 Å². The molecule has 0 saturated heterocycles. The Hall–Kier alpha value is -1.10. The molecule has 1 N–H and O–H groups in total. The van der Waals surface area contributed by atoms with Crippen molar-refractivity contribution in [3.63, 3.8) is 0 Å². The first-order chi connectivity index (χ1) is 5.75. The molecule has 5 heteroatoms. The average molecular weight is 228 g/mol. The second kappa shape index (κ2) is 2.75. The van der Waals surface area contributed by atoms with Crippen LogP contribution in [-0.4, -0.2) is 23.2 Å². The van der Waals surface area contributed by atoms with Crippen molar-refractivity contribution < 1.29 is 4.79 Å². The Labute approximate surface area is 77.7 Å². The fourth-order valence-corrected chi connectivity index (χ4v) is 1.43. The molecule has 1 amide bonds. The first kappa shape index (κ1) is 7.54. The van der Waals surface area contributed by atoms with Gasteiger partial charge in [0.05, 0.1) is 0 Å². The topological polar surface area (TPSA) is 44.7 Å². The average Bonchev–Trinajstić information content (AvgIpc) is 2.03. The third-order valence-electron chi connectivity index (χ3n) is 1.57. The molecule has 0 aliphatic carbocycles. The summed E-state index contributed by atoms with van der Waals surface area (Å²) in [4.78, 5) is 12.7. The fourth-order valence-electron chi connectivity index (χ4n) is 1.05. The number of nitrogens with one attached hydrogen (secondary N) is 1. The van der Waals surface area contributed by atoms with Crippen molar-refractivity contribution in [2.45, 2.75) is 0 Å². The van der Waals surface area contributed by atoms with Gasteiger partial charge in [-0.2, -0.15) is 5.10 Å². The zero-order chi connectivity index (χ0) is 8.55. The van der Waals surface area contributed by atoms with E-state index in [9.17, 15) is 4.79 Å². The molecule has 0 bridgehead atoms. The summed E-state index contributed by atoms with van der Waals surface area (Å²) in [6, 6.07) is 0. The fraction of sp³-hybridized carbons (Fsp3) is 0.143. The van der Waals surface area contributed by atoms with E-state index in [1.165, 1.54) is 0 Å². The number of carbonyl (C=O) groups is 1. The van der Waals surface area contributed by atoms with Gasteiger partial charge in [0.25, 0.3) is 5.91 Å². The Morgan fingerprint density at radius 2 is 2.42 bits per heavy atom. The molecule has 0 saturated carbocycles. The summed E-state index contributed by atoms with van der Waals surface area (Å²) in [6.45, 7) is 0.332. The van der Waals surface area contributed by atoms with Gasteiger partial charge in [-0.15, -0.1) is 0 Å². The van der Waals surface area contributed by atoms with E-state index in [0.29, 0.717) is 6.54 Å². The minimum absolute atomic E-state index is 0.0920. The molecule has 4 nitrogen and oxygen atoms in total. The van der Waals surface area contributed by atoms with E-state index in [2.05, 4.69) is 26.5 Å². The molecule has 0 unspecified atom stereocenters. The number of allylic oxidation sites excluding steroid dienone is 2. The quantitative estimate of drug-likeness (QED) is 0.657. The van der Waals surface area contributed by atoms with Crippen molar-refractivity contribution in [2.24, 2.45) is 5.10 Å². The predicted molar refractivity (Wildman–Crippen MR) is 48.4 cm³/mol. The van der Waals surface area contributed by atoms with Crippen LogP contribution >= 0.6 is 15.9 Å². The largest absolute Gasteiger partial charge is 0.321 e. The summed E-state index contributed by atoms with van der Waals surface area (Å²) in [5, 5.41) is 3.86. The molecule has 2 rings (SSSR count). The van der Waals surface area contributed by atoms with Crippen LogP contribution in [0.3, 0.4) is 0 Å². The van der Waals surface area contributed by atoms with Crippen molar-refractivity contribution in [1.29, 1.82) is 0 Å². The van der Waals surface area contributed by atoms with E-state index in [1.807, 2.05) is 18.4 Å². The number of rotatable bonds is 0. The highest BCUT2D eigenvalue weighted by Crippen LogP contribution is 2.15. The smallest absolute Gasteiger partial charge is 0.260 e. The highest BCUT2D eigenvalue weighted by molar-refractivity contribution is 9.11. The third-order valence-corrected chi connectivity index (χ3v) is 2.04. The van der Waals surface area contributed by atoms with Gasteiger partial charge in [0.15, 0.2) is 5.84 Å². The number of hydrogen-bond acceptors (Lipinski definition) is 3. The summed E-state index contributed by atoms with van der Waals surface area (Å²) in [5.41, 5.74) is 2.41. The van der Waals surface area contributed by atoms with Crippen LogP contribution in [0.2, 0.25) is 0 Å². The molecule has 0 fully saturated rings. The molecule has 0 atom stereocenters. The van der Waals surface area contributed by atoms with Crippen molar-refractivity contribution in [3.05, 3.63) is 22.8 Å². The number of fused-ring (bicyclic) bond motifs is 1. The Morgan fingerprint density at radius 1 is 1.58 bits per heavy atom. The summed E-state index contributed by atoms with van der Waals surface area (Å²) < 4.78 is 0.941. The molecule has 0 aromatic rings. The number of hydrazone groups is 1. The number of amidine groups is 1. The van der Waals surface area contributed by atoms with Gasteiger partial charge in [-0.05, 0) is 28.1 Å². The molecule has 2 heterocycles. The van der Waals surface area contributed by atoms with E-state index in [1.54, 1.807) is 4.90 Å². The number of carbonyl (C=O) groups excluding carboxylic acids is 1. The van der Waals surface area contributed by atoms with Crippen LogP contribution in [0.1, 0.15) is 0 Å². The standard InChI is InChI=1S/C7H6BrN3O/c8-5-1-2-6-9-10-7(12)4-11(6)3-5/h1-3H,4H2,(H,10,12). The molecule has 2 aliphatic heterocycles. The Kier molecular flexibility index (Phi) is 1.73. The van der Waals surface area contributed by atoms with E-state index >= 15 is 0 Å². The minimum atomic E-state index is -0.0920. The van der Waals surface area contributed by atoms with Crippen LogP contribution in [0.15, 0.2) is 27.9 Å². The zero-order valence-corrected chi connectivity index (χ0v) is 7.71. The van der Waals surface area contributed by atoms with Gasteiger partial charge in [0.2, 0.25) is 0 Å². The van der Waals surface area contributed by atoms with Crippen molar-refractivity contribution >= 4 is 27.7 Å². The van der Waals surface area contributed by atoms with Crippen LogP contribution in [-0.2, 0) is 4.79 Å². The summed E-state index contributed by atoms with van der Waals surface area (Å²) >= 11 is 3.32. The molecule has 2 aliphatic rings. The van der Waals surface area contributed by atoms with Crippen LogP contribution in [0, 0.1) is 0 Å². The second-order valence-electron chi connectivity index (χ2n) is 2.48. The van der Waals surface area contributed by atoms with Gasteiger partial charge in [0.1, 0.15) is 6.54 Å². The van der Waals surface area contributed by atoms with Gasteiger partial charge in [-0.1, -0.05) is 0 Å². The minimum Gasteiger partial charge on any atom is -0.321 e. The normalized spacial score (nSPS) is 21.1. The highest BCUT2D eigenvalue weighted by Gasteiger charge is 2.18. The maximum absolute atomic E-state index is 10.9. The Morgan fingerprint density at radius 3 is 3.25 bits per heavy atom. The number of amides is 1. The summed E-state index contributed by atoms with van der Waals surface area (Å²) in [5.74, 6) is 0.670. The van der Waals surface area contributed by atoms with E-state index < -0.39 is 0 Å². The summed E-state index contributed by atoms with van der Waals surface area (Å²) in [6.07, 6.45) is 5.55. The number of hydrogen-bond donors (Lipinski definition) is 1. The van der Waals surface area contributed by atoms with Crippen LogP contribution < -0.4 is 5.43 Å². The van der Waals surface area contributed by atoms with E-state index in [0.717, 1.165) is 10.3 Å². The van der Waals surface area contributed by atoms with Crippen LogP contribution in [0.5, 0.6) is 0 Å². The van der Waals surface area contributed by atoms with E-state index in [4.69, 9.17) is 0 Å². The van der Waals surface area contributed by atoms with Gasteiger partial charge in [-0.25, -0.2) is 5.43 Å². The third kappa shape index (κ3) is 1.27. The van der Waals surface area contributed by atoms with Crippen molar-refractivity contribution in [2.75, 3.05) is 6.54 Å². The molecular formula is C7H6BrN3O. The molecule has 0 radical (unpaired) electrons. The van der Waals surface area contributed by atoms with Gasteiger partial charge in [0, 0.05) is 10.7 Å². The highest BCUT2D eigenvalue weighted by atomic mass is 79.9. The van der Waals surface area contributed by atoms with Gasteiger partial charge in [-0.3, -0.25) is 4.79 Å². The second-order valence-corrected chi connectivity index (χ2v) is 3.40. The van der Waals surface area contributed by atoms with Gasteiger partial charge < -0.3 is 4.90 Å². The first-order valence-electron chi connectivity index (χ1n) is 3.44. The SMILES string of the molecule is O=C1CN2C=C(Br)C=CC2=NN1. The monoisotopic (exact) mass is 227 g/mol. The van der Waals surface area contributed by atoms with Crippen molar-refractivity contribution in [1.82, 2.24) is 10.3 Å². The number of halogens is 1. The predicted octanol–water partition coefficient (Wildman–Crippen LogP) is 0.538. The molecule has 0 aromatic heterocycles. The molecule has 12 heavy (non-hydrogen) atoms. The van der Waals surface area contributed by atoms with Gasteiger partial charge >= 0.3 is 0 Å². The lowest BCUT2D eigenvalue weighted by atomic mass is 10.3. The molecular weight excluding hydrogens is 222 g/mol. The van der Waals surface area contributed by atoms with Crippen molar-refractivity contribution in [3.8, 4) is 0 Å². The maximum atomic E-state index is 10.9. The maximum Gasteiger partial charge on any atom is 0.260 e.